The van der Waals surface area contributed by atoms with Crippen molar-refractivity contribution < 1.29 is 0 Å². The summed E-state index contributed by atoms with van der Waals surface area (Å²) in [6.45, 7) is 1.77. The summed E-state index contributed by atoms with van der Waals surface area (Å²) in [5, 5.41) is 0. The van der Waals surface area contributed by atoms with Crippen molar-refractivity contribution in [1.82, 2.24) is 0 Å². The number of nitrogens with two attached hydrogens (primary N) is 1. The van der Waals surface area contributed by atoms with Crippen molar-refractivity contribution in [2.24, 2.45) is 5.73 Å². The summed E-state index contributed by atoms with van der Waals surface area (Å²) in [5.74, 6) is 0. The average Bonchev–Trinajstić information content (AvgIpc) is 2.47. The van der Waals surface area contributed by atoms with Gasteiger partial charge in [0.25, 0.3) is 0 Å². The molecule has 0 radical (unpaired) electrons. The molecule has 2 aromatic carbocycles. The van der Waals surface area contributed by atoms with Gasteiger partial charge in [0.1, 0.15) is 0 Å². The number of aryl methyl sites for hydroxylation is 1. The zero-order chi connectivity index (χ0) is 13.2. The van der Waals surface area contributed by atoms with E-state index in [9.17, 15) is 0 Å². The minimum Gasteiger partial charge on any atom is -0.374 e. The van der Waals surface area contributed by atoms with Gasteiger partial charge in [-0.2, -0.15) is 0 Å². The lowest BCUT2D eigenvalue weighted by Crippen LogP contribution is -2.24. The lowest BCUT2D eigenvalue weighted by Gasteiger charge is -2.27. The summed E-state index contributed by atoms with van der Waals surface area (Å²) >= 11 is 0. The second-order valence-corrected chi connectivity index (χ2v) is 5.27. The molecule has 0 bridgehead atoms. The van der Waals surface area contributed by atoms with Crippen molar-refractivity contribution in [3.63, 3.8) is 0 Å². The van der Waals surface area contributed by atoms with E-state index >= 15 is 0 Å². The maximum atomic E-state index is 5.64. The van der Waals surface area contributed by atoms with Crippen LogP contribution in [0.4, 0.5) is 5.69 Å². The third-order valence-electron chi connectivity index (χ3n) is 3.95. The Labute approximate surface area is 114 Å². The molecule has 0 aromatic heterocycles. The van der Waals surface area contributed by atoms with Gasteiger partial charge < -0.3 is 10.6 Å². The first-order valence-corrected chi connectivity index (χ1v) is 6.91. The van der Waals surface area contributed by atoms with Gasteiger partial charge in [-0.3, -0.25) is 0 Å². The highest BCUT2D eigenvalue weighted by Crippen LogP contribution is 2.30. The van der Waals surface area contributed by atoms with E-state index in [0.717, 1.165) is 6.54 Å². The fourth-order valence-corrected chi connectivity index (χ4v) is 2.80. The standard InChI is InChI=1S/C17H20N2/c1-19-10-2-3-16-11-15(8-9-17(16)19)14-6-4-13(12-18)5-7-14/h4-9,11H,2-3,10,12,18H2,1H3. The molecule has 2 heteroatoms. The van der Waals surface area contributed by atoms with Gasteiger partial charge in [0, 0.05) is 25.8 Å². The van der Waals surface area contributed by atoms with Crippen molar-refractivity contribution in [3.05, 3.63) is 53.6 Å². The van der Waals surface area contributed by atoms with Crippen LogP contribution in [0.25, 0.3) is 11.1 Å². The summed E-state index contributed by atoms with van der Waals surface area (Å²) in [6, 6.07) is 15.4. The number of hydrogen-bond acceptors (Lipinski definition) is 2. The number of fused-ring (bicyclic) bond motifs is 1. The minimum atomic E-state index is 0.606. The first-order valence-electron chi connectivity index (χ1n) is 6.91. The molecule has 0 amide bonds. The summed E-state index contributed by atoms with van der Waals surface area (Å²) in [5.41, 5.74) is 12.2. The zero-order valence-corrected chi connectivity index (χ0v) is 11.4. The summed E-state index contributed by atoms with van der Waals surface area (Å²) in [6.07, 6.45) is 2.44. The predicted molar refractivity (Wildman–Crippen MR) is 81.4 cm³/mol. The van der Waals surface area contributed by atoms with Gasteiger partial charge in [0.15, 0.2) is 0 Å². The van der Waals surface area contributed by atoms with Gasteiger partial charge in [0.2, 0.25) is 0 Å². The molecule has 19 heavy (non-hydrogen) atoms. The molecular weight excluding hydrogens is 232 g/mol. The van der Waals surface area contributed by atoms with Gasteiger partial charge in [-0.15, -0.1) is 0 Å². The zero-order valence-electron chi connectivity index (χ0n) is 11.4. The number of rotatable bonds is 2. The minimum absolute atomic E-state index is 0.606. The third-order valence-corrected chi connectivity index (χ3v) is 3.95. The highest BCUT2D eigenvalue weighted by molar-refractivity contribution is 5.69. The van der Waals surface area contributed by atoms with E-state index < -0.39 is 0 Å². The van der Waals surface area contributed by atoms with Gasteiger partial charge >= 0.3 is 0 Å². The Morgan fingerprint density at radius 2 is 1.79 bits per heavy atom. The highest BCUT2D eigenvalue weighted by Gasteiger charge is 2.13. The van der Waals surface area contributed by atoms with Gasteiger partial charge in [-0.05, 0) is 47.2 Å². The van der Waals surface area contributed by atoms with Crippen LogP contribution >= 0.6 is 0 Å². The van der Waals surface area contributed by atoms with E-state index in [1.54, 1.807) is 0 Å². The van der Waals surface area contributed by atoms with Crippen molar-refractivity contribution in [3.8, 4) is 11.1 Å². The number of hydrogen-bond donors (Lipinski definition) is 1. The van der Waals surface area contributed by atoms with E-state index in [2.05, 4.69) is 54.4 Å². The van der Waals surface area contributed by atoms with Crippen molar-refractivity contribution in [2.45, 2.75) is 19.4 Å². The fourth-order valence-electron chi connectivity index (χ4n) is 2.80. The maximum absolute atomic E-state index is 5.64. The quantitative estimate of drug-likeness (QED) is 0.889. The lowest BCUT2D eigenvalue weighted by atomic mass is 9.96. The Balaban J connectivity index is 1.96. The lowest BCUT2D eigenvalue weighted by molar-refractivity contribution is 0.745. The summed E-state index contributed by atoms with van der Waals surface area (Å²) in [7, 11) is 2.17. The van der Waals surface area contributed by atoms with Gasteiger partial charge in [-0.25, -0.2) is 0 Å². The molecule has 0 aliphatic carbocycles. The number of nitrogens with zero attached hydrogens (tertiary/aromatic N) is 1. The molecule has 2 N–H and O–H groups in total. The molecule has 1 aliphatic rings. The number of anilines is 1. The van der Waals surface area contributed by atoms with Gasteiger partial charge in [-0.1, -0.05) is 30.3 Å². The van der Waals surface area contributed by atoms with Crippen molar-refractivity contribution in [2.75, 3.05) is 18.5 Å². The van der Waals surface area contributed by atoms with Crippen LogP contribution in [0.15, 0.2) is 42.5 Å². The van der Waals surface area contributed by atoms with Gasteiger partial charge in [0.05, 0.1) is 0 Å². The Bertz CT molecular complexity index is 572. The predicted octanol–water partition coefficient (Wildman–Crippen LogP) is 3.19. The third kappa shape index (κ3) is 2.36. The first-order chi connectivity index (χ1) is 9.28. The molecule has 1 aliphatic heterocycles. The van der Waals surface area contributed by atoms with Crippen LogP contribution in [0, 0.1) is 0 Å². The SMILES string of the molecule is CN1CCCc2cc(-c3ccc(CN)cc3)ccc21. The largest absolute Gasteiger partial charge is 0.374 e. The molecule has 0 saturated heterocycles. The van der Waals surface area contributed by atoms with Crippen molar-refractivity contribution >= 4 is 5.69 Å². The molecule has 2 aromatic rings. The molecule has 0 fully saturated rings. The molecule has 0 saturated carbocycles. The highest BCUT2D eigenvalue weighted by atomic mass is 15.1. The van der Waals surface area contributed by atoms with E-state index in [0.29, 0.717) is 6.54 Å². The smallest absolute Gasteiger partial charge is 0.0396 e. The van der Waals surface area contributed by atoms with Crippen molar-refractivity contribution in [1.29, 1.82) is 0 Å². The molecule has 0 unspecified atom stereocenters. The second kappa shape index (κ2) is 5.06. The van der Waals surface area contributed by atoms with E-state index in [1.165, 1.54) is 40.8 Å². The Hall–Kier alpha value is -1.80. The summed E-state index contributed by atoms with van der Waals surface area (Å²) in [4.78, 5) is 2.35. The van der Waals surface area contributed by atoms with E-state index in [-0.39, 0.29) is 0 Å². The monoisotopic (exact) mass is 252 g/mol. The molecule has 0 spiro atoms. The van der Waals surface area contributed by atoms with E-state index in [4.69, 9.17) is 5.73 Å². The van der Waals surface area contributed by atoms with Crippen LogP contribution < -0.4 is 10.6 Å². The molecule has 3 rings (SSSR count). The second-order valence-electron chi connectivity index (χ2n) is 5.27. The topological polar surface area (TPSA) is 29.3 Å². The van der Waals surface area contributed by atoms with E-state index in [1.807, 2.05) is 0 Å². The van der Waals surface area contributed by atoms with Crippen LogP contribution in [-0.4, -0.2) is 13.6 Å². The molecular formula is C17H20N2. The molecule has 98 valence electrons. The Morgan fingerprint density at radius 1 is 1.05 bits per heavy atom. The molecule has 0 atom stereocenters. The van der Waals surface area contributed by atoms with Crippen LogP contribution in [0.2, 0.25) is 0 Å². The molecule has 2 nitrogen and oxygen atoms in total. The summed E-state index contributed by atoms with van der Waals surface area (Å²) < 4.78 is 0. The Morgan fingerprint density at radius 3 is 2.53 bits per heavy atom. The van der Waals surface area contributed by atoms with Crippen LogP contribution in [0.5, 0.6) is 0 Å². The van der Waals surface area contributed by atoms with Crippen LogP contribution in [0.3, 0.4) is 0 Å². The first kappa shape index (κ1) is 12.2. The maximum Gasteiger partial charge on any atom is 0.0396 e. The average molecular weight is 252 g/mol. The fraction of sp³-hybridized carbons (Fsp3) is 0.294. The Kier molecular flexibility index (Phi) is 3.26. The number of benzene rings is 2. The van der Waals surface area contributed by atoms with Crippen LogP contribution in [-0.2, 0) is 13.0 Å². The normalized spacial score (nSPS) is 14.3. The van der Waals surface area contributed by atoms with Crippen LogP contribution in [0.1, 0.15) is 17.5 Å². The molecule has 1 heterocycles.